The number of carbonyl (C=O) groups excluding carboxylic acids is 2. The maximum atomic E-state index is 13.1. The molecule has 2 amide bonds. The molecule has 0 bridgehead atoms. The van der Waals surface area contributed by atoms with Crippen molar-refractivity contribution in [2.24, 2.45) is 0 Å². The summed E-state index contributed by atoms with van der Waals surface area (Å²) in [6.45, 7) is 0. The molecule has 8 nitrogen and oxygen atoms in total. The van der Waals surface area contributed by atoms with E-state index >= 15 is 0 Å². The van der Waals surface area contributed by atoms with Gasteiger partial charge < -0.3 is 24.2 Å². The van der Waals surface area contributed by atoms with Crippen LogP contribution in [-0.4, -0.2) is 18.9 Å². The molecule has 168 valence electrons. The van der Waals surface area contributed by atoms with Crippen molar-refractivity contribution in [2.75, 3.05) is 17.7 Å². The van der Waals surface area contributed by atoms with Crippen LogP contribution in [0.3, 0.4) is 0 Å². The zero-order valence-electron chi connectivity index (χ0n) is 18.0. The Kier molecular flexibility index (Phi) is 5.31. The van der Waals surface area contributed by atoms with Crippen molar-refractivity contribution in [3.05, 3.63) is 101 Å². The third-order valence-corrected chi connectivity index (χ3v) is 5.28. The van der Waals surface area contributed by atoms with Crippen molar-refractivity contribution in [1.82, 2.24) is 0 Å². The van der Waals surface area contributed by atoms with Crippen molar-refractivity contribution < 1.29 is 23.2 Å². The first kappa shape index (κ1) is 21.0. The Hall–Kier alpha value is -4.85. The summed E-state index contributed by atoms with van der Waals surface area (Å²) in [4.78, 5) is 38.7. The largest absolute Gasteiger partial charge is 0.495 e. The van der Waals surface area contributed by atoms with Gasteiger partial charge in [0, 0.05) is 10.8 Å². The molecule has 2 aromatic heterocycles. The quantitative estimate of drug-likeness (QED) is 0.360. The highest BCUT2D eigenvalue weighted by Crippen LogP contribution is 2.33. The SMILES string of the molecule is COc1ccccc1NC(=O)c1oc2ccccc2c1NC(=O)c1cc2ccccc2oc1=O. The first-order valence-corrected chi connectivity index (χ1v) is 10.4. The fourth-order valence-corrected chi connectivity index (χ4v) is 3.66. The first-order chi connectivity index (χ1) is 16.5. The smallest absolute Gasteiger partial charge is 0.349 e. The first-order valence-electron chi connectivity index (χ1n) is 10.4. The Bertz CT molecular complexity index is 1620. The lowest BCUT2D eigenvalue weighted by Crippen LogP contribution is -2.22. The summed E-state index contributed by atoms with van der Waals surface area (Å²) in [5.41, 5.74) is 0.357. The molecule has 0 fully saturated rings. The van der Waals surface area contributed by atoms with E-state index in [1.54, 1.807) is 72.8 Å². The van der Waals surface area contributed by atoms with Crippen LogP contribution in [-0.2, 0) is 0 Å². The number of nitrogens with one attached hydrogen (secondary N) is 2. The second-order valence-electron chi connectivity index (χ2n) is 7.40. The molecular formula is C26H18N2O6. The fourth-order valence-electron chi connectivity index (χ4n) is 3.66. The molecule has 0 atom stereocenters. The Balaban J connectivity index is 1.54. The van der Waals surface area contributed by atoms with E-state index in [2.05, 4.69) is 10.6 Å². The van der Waals surface area contributed by atoms with Crippen molar-refractivity contribution in [2.45, 2.75) is 0 Å². The van der Waals surface area contributed by atoms with E-state index in [1.807, 2.05) is 0 Å². The van der Waals surface area contributed by atoms with Crippen LogP contribution in [0.1, 0.15) is 20.9 Å². The number of furan rings is 1. The van der Waals surface area contributed by atoms with Crippen LogP contribution in [0.2, 0.25) is 0 Å². The van der Waals surface area contributed by atoms with Gasteiger partial charge in [-0.1, -0.05) is 42.5 Å². The average molecular weight is 454 g/mol. The van der Waals surface area contributed by atoms with Gasteiger partial charge in [-0.3, -0.25) is 9.59 Å². The maximum Gasteiger partial charge on any atom is 0.349 e. The number of methoxy groups -OCH3 is 1. The van der Waals surface area contributed by atoms with E-state index in [9.17, 15) is 14.4 Å². The number of anilines is 2. The van der Waals surface area contributed by atoms with Crippen molar-refractivity contribution in [3.8, 4) is 5.75 Å². The summed E-state index contributed by atoms with van der Waals surface area (Å²) in [5.74, 6) is -0.976. The minimum Gasteiger partial charge on any atom is -0.495 e. The zero-order chi connectivity index (χ0) is 23.7. The summed E-state index contributed by atoms with van der Waals surface area (Å²) in [6, 6.07) is 22.1. The lowest BCUT2D eigenvalue weighted by Gasteiger charge is -2.10. The van der Waals surface area contributed by atoms with Gasteiger partial charge in [-0.2, -0.15) is 0 Å². The molecule has 3 aromatic carbocycles. The second kappa shape index (κ2) is 8.59. The minimum atomic E-state index is -0.788. The van der Waals surface area contributed by atoms with Crippen LogP contribution in [0, 0.1) is 0 Å². The van der Waals surface area contributed by atoms with Gasteiger partial charge >= 0.3 is 5.63 Å². The van der Waals surface area contributed by atoms with Crippen LogP contribution in [0.4, 0.5) is 11.4 Å². The monoisotopic (exact) mass is 454 g/mol. The number of benzene rings is 3. The highest BCUT2D eigenvalue weighted by atomic mass is 16.5. The number of rotatable bonds is 5. The van der Waals surface area contributed by atoms with Gasteiger partial charge in [-0.15, -0.1) is 0 Å². The van der Waals surface area contributed by atoms with Crippen LogP contribution in [0.15, 0.2) is 92.5 Å². The van der Waals surface area contributed by atoms with Crippen molar-refractivity contribution in [1.29, 1.82) is 0 Å². The summed E-state index contributed by atoms with van der Waals surface area (Å²) < 4.78 is 16.3. The lowest BCUT2D eigenvalue weighted by atomic mass is 10.1. The summed E-state index contributed by atoms with van der Waals surface area (Å²) in [6.07, 6.45) is 0. The standard InChI is InChI=1S/C26H18N2O6/c1-32-21-13-7-4-10-18(21)27-25(30)23-22(16-9-3-6-12-20(16)33-23)28-24(29)17-14-15-8-2-5-11-19(15)34-26(17)31/h2-14H,1H3,(H,27,30)(H,28,29). The lowest BCUT2D eigenvalue weighted by molar-refractivity contribution is 0.0999. The zero-order valence-corrected chi connectivity index (χ0v) is 18.0. The third kappa shape index (κ3) is 3.77. The van der Waals surface area contributed by atoms with Crippen LogP contribution < -0.4 is 21.0 Å². The van der Waals surface area contributed by atoms with E-state index in [4.69, 9.17) is 13.6 Å². The molecule has 0 aliphatic heterocycles. The van der Waals surface area contributed by atoms with E-state index in [1.165, 1.54) is 13.2 Å². The summed E-state index contributed by atoms with van der Waals surface area (Å²) >= 11 is 0. The molecule has 0 unspecified atom stereocenters. The Morgan fingerprint density at radius 2 is 1.50 bits per heavy atom. The molecule has 2 N–H and O–H groups in total. The Morgan fingerprint density at radius 1 is 0.794 bits per heavy atom. The number of hydrogen-bond donors (Lipinski definition) is 2. The normalized spacial score (nSPS) is 10.9. The number of fused-ring (bicyclic) bond motifs is 2. The maximum absolute atomic E-state index is 13.1. The highest BCUT2D eigenvalue weighted by Gasteiger charge is 2.25. The van der Waals surface area contributed by atoms with Gasteiger partial charge in [0.25, 0.3) is 11.8 Å². The second-order valence-corrected chi connectivity index (χ2v) is 7.40. The minimum absolute atomic E-state index is 0.120. The van der Waals surface area contributed by atoms with Gasteiger partial charge in [0.2, 0.25) is 5.76 Å². The van der Waals surface area contributed by atoms with Crippen molar-refractivity contribution in [3.63, 3.8) is 0 Å². The number of carbonyl (C=O) groups is 2. The molecule has 5 aromatic rings. The topological polar surface area (TPSA) is 111 Å². The highest BCUT2D eigenvalue weighted by molar-refractivity contribution is 6.17. The van der Waals surface area contributed by atoms with Crippen LogP contribution in [0.5, 0.6) is 5.75 Å². The molecular weight excluding hydrogens is 436 g/mol. The predicted octanol–water partition coefficient (Wildman–Crippen LogP) is 5.05. The third-order valence-electron chi connectivity index (χ3n) is 5.28. The number of amides is 2. The molecule has 0 radical (unpaired) electrons. The summed E-state index contributed by atoms with van der Waals surface area (Å²) in [5, 5.41) is 6.51. The molecule has 0 spiro atoms. The van der Waals surface area contributed by atoms with Gasteiger partial charge in [-0.05, 0) is 36.4 Å². The van der Waals surface area contributed by atoms with E-state index in [0.29, 0.717) is 33.4 Å². The molecule has 0 aliphatic rings. The Morgan fingerprint density at radius 3 is 2.32 bits per heavy atom. The number of para-hydroxylation sites is 4. The molecule has 34 heavy (non-hydrogen) atoms. The molecule has 5 rings (SSSR count). The molecule has 0 saturated heterocycles. The predicted molar refractivity (Wildman–Crippen MR) is 128 cm³/mol. The number of hydrogen-bond acceptors (Lipinski definition) is 6. The van der Waals surface area contributed by atoms with Gasteiger partial charge in [0.15, 0.2) is 0 Å². The van der Waals surface area contributed by atoms with Crippen LogP contribution >= 0.6 is 0 Å². The van der Waals surface area contributed by atoms with Gasteiger partial charge in [0.1, 0.15) is 28.2 Å². The van der Waals surface area contributed by atoms with Gasteiger partial charge in [0.05, 0.1) is 12.8 Å². The van der Waals surface area contributed by atoms with Crippen LogP contribution in [0.25, 0.3) is 21.9 Å². The van der Waals surface area contributed by atoms with Crippen molar-refractivity contribution >= 4 is 45.1 Å². The molecule has 0 aliphatic carbocycles. The molecule has 8 heteroatoms. The average Bonchev–Trinajstić information content (AvgIpc) is 3.22. The van der Waals surface area contributed by atoms with E-state index in [-0.39, 0.29) is 17.0 Å². The van der Waals surface area contributed by atoms with E-state index in [0.717, 1.165) is 0 Å². The molecule has 0 saturated carbocycles. The fraction of sp³-hybridized carbons (Fsp3) is 0.0385. The number of ether oxygens (including phenoxy) is 1. The van der Waals surface area contributed by atoms with E-state index < -0.39 is 17.4 Å². The van der Waals surface area contributed by atoms with Gasteiger partial charge in [-0.25, -0.2) is 4.79 Å². The Labute approximate surface area is 192 Å². The summed E-state index contributed by atoms with van der Waals surface area (Å²) in [7, 11) is 1.49. The molecule has 2 heterocycles.